The number of benzene rings is 2. The van der Waals surface area contributed by atoms with Gasteiger partial charge in [0.25, 0.3) is 12.0 Å². The number of halogens is 5. The van der Waals surface area contributed by atoms with Crippen LogP contribution < -0.4 is 16.2 Å². The maximum atomic E-state index is 14.0. The molecule has 1 atom stereocenters. The van der Waals surface area contributed by atoms with Crippen LogP contribution in [0.1, 0.15) is 55.1 Å². The molecule has 10 nitrogen and oxygen atoms in total. The molecule has 47 heavy (non-hydrogen) atoms. The van der Waals surface area contributed by atoms with Gasteiger partial charge in [0, 0.05) is 35.4 Å². The molecule has 2 aromatic carbocycles. The highest BCUT2D eigenvalue weighted by molar-refractivity contribution is 5.99. The second kappa shape index (κ2) is 11.3. The lowest BCUT2D eigenvalue weighted by Gasteiger charge is -2.28. The van der Waals surface area contributed by atoms with Gasteiger partial charge >= 0.3 is 6.18 Å². The Kier molecular flexibility index (Phi) is 7.58. The van der Waals surface area contributed by atoms with Gasteiger partial charge in [0.2, 0.25) is 0 Å². The molecule has 1 unspecified atom stereocenters. The van der Waals surface area contributed by atoms with Gasteiger partial charge in [-0.2, -0.15) is 23.7 Å². The van der Waals surface area contributed by atoms with Crippen LogP contribution in [0.25, 0.3) is 21.7 Å². The number of nitrogens with one attached hydrogen (secondary N) is 3. The maximum absolute atomic E-state index is 14.0. The number of fused-ring (bicyclic) bond motifs is 2. The van der Waals surface area contributed by atoms with Crippen LogP contribution in [0.4, 0.5) is 33.3 Å². The van der Waals surface area contributed by atoms with E-state index in [2.05, 4.69) is 37.0 Å². The molecule has 6 rings (SSSR count). The van der Waals surface area contributed by atoms with E-state index < -0.39 is 36.1 Å². The molecule has 3 aromatic heterocycles. The zero-order chi connectivity index (χ0) is 33.7. The van der Waals surface area contributed by atoms with Gasteiger partial charge < -0.3 is 15.6 Å². The number of H-pyrrole nitrogens is 1. The molecule has 3 N–H and O–H groups in total. The van der Waals surface area contributed by atoms with Gasteiger partial charge in [0.15, 0.2) is 0 Å². The van der Waals surface area contributed by atoms with Crippen LogP contribution in [0.5, 0.6) is 0 Å². The minimum Gasteiger partial charge on any atom is -0.382 e. The van der Waals surface area contributed by atoms with E-state index in [-0.39, 0.29) is 57.5 Å². The number of aromatic amines is 1. The number of hydrogen-bond acceptors (Lipinski definition) is 8. The minimum absolute atomic E-state index is 0.0361. The van der Waals surface area contributed by atoms with E-state index in [4.69, 9.17) is 0 Å². The van der Waals surface area contributed by atoms with Crippen LogP contribution in [0.15, 0.2) is 59.8 Å². The van der Waals surface area contributed by atoms with Gasteiger partial charge in [0.1, 0.15) is 23.4 Å². The van der Waals surface area contributed by atoms with E-state index >= 15 is 0 Å². The fraction of sp³-hybridized carbons (Fsp3) is 0.312. The Hall–Kier alpha value is -5.57. The van der Waals surface area contributed by atoms with Crippen molar-refractivity contribution in [2.45, 2.75) is 50.9 Å². The van der Waals surface area contributed by atoms with Gasteiger partial charge in [-0.05, 0) is 61.9 Å². The molecular formula is C32H26F5N9O. The van der Waals surface area contributed by atoms with Crippen molar-refractivity contribution in [2.24, 2.45) is 5.41 Å². The highest BCUT2D eigenvalue weighted by atomic mass is 19.4. The number of hydrogen-bond donors (Lipinski definition) is 3. The van der Waals surface area contributed by atoms with Crippen molar-refractivity contribution in [2.75, 3.05) is 17.2 Å². The lowest BCUT2D eigenvalue weighted by Crippen LogP contribution is -2.38. The normalized spacial score (nSPS) is 14.9. The molecule has 3 heterocycles. The summed E-state index contributed by atoms with van der Waals surface area (Å²) in [5.74, 6) is 0. The average Bonchev–Trinajstić information content (AvgIpc) is 3.71. The highest BCUT2D eigenvalue weighted by Gasteiger charge is 2.54. The summed E-state index contributed by atoms with van der Waals surface area (Å²) in [6.07, 6.45) is -2.71. The number of aromatic nitrogens is 5. The summed E-state index contributed by atoms with van der Waals surface area (Å²) in [5.41, 5.74) is -2.71. The fourth-order valence-electron chi connectivity index (χ4n) is 5.43. The Balaban J connectivity index is 1.51. The first-order valence-corrected chi connectivity index (χ1v) is 14.4. The standard InChI is InChI=1S/C32H26F5N9O/c1-30(2,32(35,36)37)16-42-26-18(13-39)14-41-25-17(12-38)10-19(11-23(25)26)43-27(21-4-3-5-22-20(21)6-9-40-28(22)47)24-15-46(45-44-24)31(7-8-31)29(33)34/h3-6,9-11,14-15,27,29,43H,7-8,16H2,1-2H3,(H,40,47)(H,41,42). The molecule has 240 valence electrons. The van der Waals surface area contributed by atoms with E-state index in [0.717, 1.165) is 18.5 Å². The monoisotopic (exact) mass is 647 g/mol. The number of alkyl halides is 5. The molecule has 0 saturated heterocycles. The van der Waals surface area contributed by atoms with E-state index in [0.29, 0.717) is 16.3 Å². The van der Waals surface area contributed by atoms with Crippen LogP contribution >= 0.6 is 0 Å². The number of pyridine rings is 2. The van der Waals surface area contributed by atoms with Gasteiger partial charge in [-0.15, -0.1) is 5.10 Å². The molecule has 5 aromatic rings. The SMILES string of the molecule is CC(C)(CNc1c(C#N)cnc2c(C#N)cc(NC(c3cn(C4(C(F)F)CC4)nn3)c3cccc4c(=O)[nH]ccc34)cc12)C(F)(F)F. The maximum Gasteiger partial charge on any atom is 0.395 e. The first kappa shape index (κ1) is 31.4. The van der Waals surface area contributed by atoms with Crippen LogP contribution in [0, 0.1) is 28.1 Å². The largest absolute Gasteiger partial charge is 0.395 e. The summed E-state index contributed by atoms with van der Waals surface area (Å²) < 4.78 is 70.1. The lowest BCUT2D eigenvalue weighted by molar-refractivity contribution is -0.206. The zero-order valence-electron chi connectivity index (χ0n) is 25.0. The molecule has 1 fully saturated rings. The molecule has 1 aliphatic carbocycles. The quantitative estimate of drug-likeness (QED) is 0.156. The van der Waals surface area contributed by atoms with E-state index in [1.165, 1.54) is 30.7 Å². The Labute approximate surface area is 263 Å². The summed E-state index contributed by atoms with van der Waals surface area (Å²) in [4.78, 5) is 19.5. The van der Waals surface area contributed by atoms with Crippen molar-refractivity contribution < 1.29 is 22.0 Å². The van der Waals surface area contributed by atoms with Crippen molar-refractivity contribution in [1.82, 2.24) is 25.0 Å². The first-order chi connectivity index (χ1) is 22.3. The van der Waals surface area contributed by atoms with Crippen molar-refractivity contribution in [1.29, 1.82) is 10.5 Å². The topological polar surface area (TPSA) is 148 Å². The summed E-state index contributed by atoms with van der Waals surface area (Å²) in [6.45, 7) is 1.47. The highest BCUT2D eigenvalue weighted by Crippen LogP contribution is 2.48. The number of nitrogens with zero attached hydrogens (tertiary/aromatic N) is 6. The van der Waals surface area contributed by atoms with Gasteiger partial charge in [-0.1, -0.05) is 17.3 Å². The minimum atomic E-state index is -4.55. The van der Waals surface area contributed by atoms with Crippen LogP contribution in [0.2, 0.25) is 0 Å². The molecular weight excluding hydrogens is 621 g/mol. The Morgan fingerprint density at radius 3 is 2.47 bits per heavy atom. The number of nitriles is 2. The summed E-state index contributed by atoms with van der Waals surface area (Å²) >= 11 is 0. The molecule has 0 aliphatic heterocycles. The Morgan fingerprint density at radius 1 is 1.06 bits per heavy atom. The second-order valence-electron chi connectivity index (χ2n) is 12.1. The number of rotatable bonds is 9. The third-order valence-electron chi connectivity index (χ3n) is 8.59. The molecule has 15 heteroatoms. The number of anilines is 2. The second-order valence-corrected chi connectivity index (χ2v) is 12.1. The van der Waals surface area contributed by atoms with E-state index in [1.807, 2.05) is 6.07 Å². The van der Waals surface area contributed by atoms with Crippen molar-refractivity contribution >= 4 is 33.1 Å². The van der Waals surface area contributed by atoms with Crippen molar-refractivity contribution in [3.63, 3.8) is 0 Å². The van der Waals surface area contributed by atoms with E-state index in [9.17, 15) is 37.3 Å². The third-order valence-corrected chi connectivity index (χ3v) is 8.59. The van der Waals surface area contributed by atoms with E-state index in [1.54, 1.807) is 24.3 Å². The molecule has 0 radical (unpaired) electrons. The summed E-state index contributed by atoms with van der Waals surface area (Å²) in [6, 6.07) is 12.8. The lowest BCUT2D eigenvalue weighted by atomic mass is 9.92. The molecule has 0 bridgehead atoms. The molecule has 1 saturated carbocycles. The van der Waals surface area contributed by atoms with Crippen LogP contribution in [-0.2, 0) is 5.54 Å². The smallest absolute Gasteiger partial charge is 0.382 e. The van der Waals surface area contributed by atoms with Gasteiger partial charge in [-0.3, -0.25) is 9.78 Å². The van der Waals surface area contributed by atoms with Crippen molar-refractivity contribution in [3.05, 3.63) is 87.7 Å². The summed E-state index contributed by atoms with van der Waals surface area (Å²) in [7, 11) is 0. The molecule has 0 amide bonds. The fourth-order valence-corrected chi connectivity index (χ4v) is 5.43. The third kappa shape index (κ3) is 5.48. The van der Waals surface area contributed by atoms with Crippen LogP contribution in [0.3, 0.4) is 0 Å². The van der Waals surface area contributed by atoms with Crippen molar-refractivity contribution in [3.8, 4) is 12.1 Å². The first-order valence-electron chi connectivity index (χ1n) is 14.4. The summed E-state index contributed by atoms with van der Waals surface area (Å²) in [5, 5.41) is 35.2. The average molecular weight is 648 g/mol. The Morgan fingerprint density at radius 2 is 1.81 bits per heavy atom. The Bertz CT molecular complexity index is 2150. The molecule has 0 spiro atoms. The molecule has 1 aliphatic rings. The van der Waals surface area contributed by atoms with Crippen LogP contribution in [-0.4, -0.2) is 44.1 Å². The van der Waals surface area contributed by atoms with Gasteiger partial charge in [-0.25, -0.2) is 13.5 Å². The predicted molar refractivity (Wildman–Crippen MR) is 163 cm³/mol. The zero-order valence-corrected chi connectivity index (χ0v) is 25.0. The predicted octanol–water partition coefficient (Wildman–Crippen LogP) is 6.37. The van der Waals surface area contributed by atoms with Gasteiger partial charge in [0.05, 0.1) is 40.0 Å².